The van der Waals surface area contributed by atoms with Gasteiger partial charge in [0.1, 0.15) is 11.5 Å². The number of likely N-dealkylation sites (tertiary alicyclic amines) is 1. The van der Waals surface area contributed by atoms with E-state index in [1.807, 2.05) is 60.4 Å². The zero-order valence-corrected chi connectivity index (χ0v) is 16.6. The first-order valence-electron chi connectivity index (χ1n) is 9.52. The van der Waals surface area contributed by atoms with E-state index in [0.717, 1.165) is 25.1 Å². The lowest BCUT2D eigenvalue weighted by Crippen LogP contribution is -2.45. The molecule has 1 N–H and O–H groups in total. The van der Waals surface area contributed by atoms with Gasteiger partial charge in [-0.25, -0.2) is 0 Å². The quantitative estimate of drug-likeness (QED) is 0.834. The topological polar surface area (TPSA) is 61.9 Å². The second-order valence-electron chi connectivity index (χ2n) is 7.35. The standard InChI is InChI=1S/C22H27N3O3/c1-16-6-10-18(11-7-16)28-19-12-8-17(9-13-19)23-21(26)15-25-14-4-5-20(25)22(27)24(2)3/h6-13,20H,4-5,14-15H2,1-3H3,(H,23,26). The highest BCUT2D eigenvalue weighted by Crippen LogP contribution is 2.23. The second kappa shape index (κ2) is 8.89. The summed E-state index contributed by atoms with van der Waals surface area (Å²) in [5, 5.41) is 2.90. The molecule has 1 heterocycles. The van der Waals surface area contributed by atoms with Gasteiger partial charge in [0.15, 0.2) is 0 Å². The zero-order chi connectivity index (χ0) is 20.1. The van der Waals surface area contributed by atoms with Crippen LogP contribution in [-0.2, 0) is 9.59 Å². The summed E-state index contributed by atoms with van der Waals surface area (Å²) < 4.78 is 5.80. The molecule has 1 fully saturated rings. The molecule has 1 saturated heterocycles. The number of rotatable bonds is 6. The number of anilines is 1. The van der Waals surface area contributed by atoms with Gasteiger partial charge in [-0.1, -0.05) is 17.7 Å². The highest BCUT2D eigenvalue weighted by Gasteiger charge is 2.32. The van der Waals surface area contributed by atoms with Crippen molar-refractivity contribution in [1.29, 1.82) is 0 Å². The minimum absolute atomic E-state index is 0.0582. The molecule has 1 aliphatic heterocycles. The number of carbonyl (C=O) groups excluding carboxylic acids is 2. The van der Waals surface area contributed by atoms with Crippen LogP contribution >= 0.6 is 0 Å². The van der Waals surface area contributed by atoms with Crippen LogP contribution in [0.1, 0.15) is 18.4 Å². The van der Waals surface area contributed by atoms with Crippen LogP contribution in [0.4, 0.5) is 5.69 Å². The van der Waals surface area contributed by atoms with Gasteiger partial charge >= 0.3 is 0 Å². The Morgan fingerprint density at radius 3 is 2.29 bits per heavy atom. The number of carbonyl (C=O) groups is 2. The number of nitrogens with zero attached hydrogens (tertiary/aromatic N) is 2. The van der Waals surface area contributed by atoms with E-state index in [2.05, 4.69) is 5.32 Å². The van der Waals surface area contributed by atoms with Crippen LogP contribution in [0.15, 0.2) is 48.5 Å². The van der Waals surface area contributed by atoms with Crippen molar-refractivity contribution in [3.05, 3.63) is 54.1 Å². The first-order chi connectivity index (χ1) is 13.4. The van der Waals surface area contributed by atoms with Gasteiger partial charge < -0.3 is 15.0 Å². The van der Waals surface area contributed by atoms with Gasteiger partial charge in [0.25, 0.3) is 0 Å². The van der Waals surface area contributed by atoms with Crippen molar-refractivity contribution in [3.63, 3.8) is 0 Å². The largest absolute Gasteiger partial charge is 0.457 e. The van der Waals surface area contributed by atoms with E-state index >= 15 is 0 Å². The molecule has 3 rings (SSSR count). The normalized spacial score (nSPS) is 16.6. The summed E-state index contributed by atoms with van der Waals surface area (Å²) in [4.78, 5) is 28.2. The average Bonchev–Trinajstić information content (AvgIpc) is 3.12. The number of aryl methyl sites for hydroxylation is 1. The first kappa shape index (κ1) is 19.9. The number of amides is 2. The Balaban J connectivity index is 1.54. The van der Waals surface area contributed by atoms with Gasteiger partial charge in [0, 0.05) is 19.8 Å². The highest BCUT2D eigenvalue weighted by molar-refractivity contribution is 5.93. The van der Waals surface area contributed by atoms with Crippen LogP contribution in [0.2, 0.25) is 0 Å². The number of nitrogens with one attached hydrogen (secondary N) is 1. The van der Waals surface area contributed by atoms with Gasteiger partial charge in [-0.2, -0.15) is 0 Å². The number of benzene rings is 2. The molecule has 1 aliphatic rings. The fourth-order valence-corrected chi connectivity index (χ4v) is 3.33. The monoisotopic (exact) mass is 381 g/mol. The van der Waals surface area contributed by atoms with Crippen molar-refractivity contribution >= 4 is 17.5 Å². The maximum atomic E-state index is 12.4. The molecule has 0 spiro atoms. The number of likely N-dealkylation sites (N-methyl/N-ethyl adjacent to an activating group) is 1. The molecule has 28 heavy (non-hydrogen) atoms. The molecule has 2 amide bonds. The van der Waals surface area contributed by atoms with E-state index in [0.29, 0.717) is 11.4 Å². The predicted octanol–water partition coefficient (Wildman–Crippen LogP) is 3.28. The van der Waals surface area contributed by atoms with Crippen LogP contribution < -0.4 is 10.1 Å². The fourth-order valence-electron chi connectivity index (χ4n) is 3.33. The Kier molecular flexibility index (Phi) is 6.31. The number of ether oxygens (including phenoxy) is 1. The van der Waals surface area contributed by atoms with E-state index in [-0.39, 0.29) is 24.4 Å². The lowest BCUT2D eigenvalue weighted by Gasteiger charge is -2.25. The first-order valence-corrected chi connectivity index (χ1v) is 9.52. The lowest BCUT2D eigenvalue weighted by atomic mass is 10.2. The molecular weight excluding hydrogens is 354 g/mol. The Morgan fingerprint density at radius 2 is 1.68 bits per heavy atom. The Bertz CT molecular complexity index is 816. The van der Waals surface area contributed by atoms with Crippen LogP contribution in [0.5, 0.6) is 11.5 Å². The number of hydrogen-bond acceptors (Lipinski definition) is 4. The van der Waals surface area contributed by atoms with Crippen molar-refractivity contribution in [2.24, 2.45) is 0 Å². The van der Waals surface area contributed by atoms with Crippen LogP contribution in [0, 0.1) is 6.92 Å². The van der Waals surface area contributed by atoms with Gasteiger partial charge in [0.05, 0.1) is 12.6 Å². The Morgan fingerprint density at radius 1 is 1.07 bits per heavy atom. The zero-order valence-electron chi connectivity index (χ0n) is 16.6. The van der Waals surface area contributed by atoms with Gasteiger partial charge in [0.2, 0.25) is 11.8 Å². The maximum absolute atomic E-state index is 12.4. The molecule has 148 valence electrons. The van der Waals surface area contributed by atoms with Crippen LogP contribution in [0.3, 0.4) is 0 Å². The summed E-state index contributed by atoms with van der Waals surface area (Å²) >= 11 is 0. The minimum atomic E-state index is -0.203. The average molecular weight is 381 g/mol. The molecule has 0 bridgehead atoms. The van der Waals surface area contributed by atoms with Crippen molar-refractivity contribution in [3.8, 4) is 11.5 Å². The van der Waals surface area contributed by atoms with Gasteiger partial charge in [-0.15, -0.1) is 0 Å². The SMILES string of the molecule is Cc1ccc(Oc2ccc(NC(=O)CN3CCCC3C(=O)N(C)C)cc2)cc1. The molecule has 6 nitrogen and oxygen atoms in total. The van der Waals surface area contributed by atoms with Gasteiger partial charge in [-0.05, 0) is 62.7 Å². The molecule has 0 saturated carbocycles. The van der Waals surface area contributed by atoms with E-state index in [4.69, 9.17) is 4.74 Å². The molecule has 0 aliphatic carbocycles. The van der Waals surface area contributed by atoms with Crippen LogP contribution in [0.25, 0.3) is 0 Å². The summed E-state index contributed by atoms with van der Waals surface area (Å²) in [6.45, 7) is 3.01. The van der Waals surface area contributed by atoms with Crippen molar-refractivity contribution in [2.75, 3.05) is 32.5 Å². The van der Waals surface area contributed by atoms with E-state index in [9.17, 15) is 9.59 Å². The van der Waals surface area contributed by atoms with Crippen molar-refractivity contribution < 1.29 is 14.3 Å². The van der Waals surface area contributed by atoms with Crippen LogP contribution in [-0.4, -0.2) is 54.8 Å². The van der Waals surface area contributed by atoms with E-state index in [1.165, 1.54) is 5.56 Å². The summed E-state index contributed by atoms with van der Waals surface area (Å²) in [6.07, 6.45) is 1.73. The molecule has 6 heteroatoms. The smallest absolute Gasteiger partial charge is 0.239 e. The van der Waals surface area contributed by atoms with Gasteiger partial charge in [-0.3, -0.25) is 14.5 Å². The third-order valence-electron chi connectivity index (χ3n) is 4.83. The summed E-state index contributed by atoms with van der Waals surface area (Å²) in [6, 6.07) is 14.9. The predicted molar refractivity (Wildman–Crippen MR) is 110 cm³/mol. The second-order valence-corrected chi connectivity index (χ2v) is 7.35. The molecule has 2 aromatic carbocycles. The molecule has 1 atom stereocenters. The highest BCUT2D eigenvalue weighted by atomic mass is 16.5. The summed E-state index contributed by atoms with van der Waals surface area (Å²) in [5.74, 6) is 1.42. The van der Waals surface area contributed by atoms with Crippen molar-refractivity contribution in [1.82, 2.24) is 9.80 Å². The summed E-state index contributed by atoms with van der Waals surface area (Å²) in [7, 11) is 3.50. The molecular formula is C22H27N3O3. The Hall–Kier alpha value is -2.86. The minimum Gasteiger partial charge on any atom is -0.457 e. The summed E-state index contributed by atoms with van der Waals surface area (Å²) in [5.41, 5.74) is 1.88. The number of hydrogen-bond donors (Lipinski definition) is 1. The molecule has 2 aromatic rings. The lowest BCUT2D eigenvalue weighted by molar-refractivity contribution is -0.133. The molecule has 0 radical (unpaired) electrons. The molecule has 0 aromatic heterocycles. The van der Waals surface area contributed by atoms with E-state index < -0.39 is 0 Å². The third kappa shape index (κ3) is 5.10. The Labute approximate surface area is 166 Å². The third-order valence-corrected chi connectivity index (χ3v) is 4.83. The fraction of sp³-hybridized carbons (Fsp3) is 0.364. The maximum Gasteiger partial charge on any atom is 0.239 e. The van der Waals surface area contributed by atoms with E-state index in [1.54, 1.807) is 19.0 Å². The molecule has 1 unspecified atom stereocenters. The van der Waals surface area contributed by atoms with Crippen molar-refractivity contribution in [2.45, 2.75) is 25.8 Å².